The maximum Gasteiger partial charge on any atom is 0.417 e. The molecule has 1 N–H and O–H groups in total. The van der Waals surface area contributed by atoms with Gasteiger partial charge in [0.1, 0.15) is 18.1 Å². The van der Waals surface area contributed by atoms with E-state index >= 15 is 0 Å². The predicted molar refractivity (Wildman–Crippen MR) is 112 cm³/mol. The number of phenolic OH excluding ortho intramolecular Hbond substituents is 1. The first-order valence-corrected chi connectivity index (χ1v) is 9.96. The molecule has 2 nitrogen and oxygen atoms in total. The first-order chi connectivity index (χ1) is 13.6. The standard InChI is InChI=1S/C20H11BrCl3F3O2/c21-15-8-17(24)13(9-29-12-4-2-11(22)3-5-12)18(19(15)28)10-1-6-16(23)14(7-10)20(25,26)27/h1-8,28H,9H2. The Hall–Kier alpha value is -1.60. The van der Waals surface area contributed by atoms with E-state index in [1.807, 2.05) is 0 Å². The van der Waals surface area contributed by atoms with E-state index in [-0.39, 0.29) is 33.0 Å². The molecule has 152 valence electrons. The molecule has 0 aliphatic heterocycles. The molecule has 0 amide bonds. The summed E-state index contributed by atoms with van der Waals surface area (Å²) in [5, 5.41) is 10.9. The summed E-state index contributed by atoms with van der Waals surface area (Å²) in [6, 6.07) is 11.4. The zero-order chi connectivity index (χ0) is 21.3. The third-order valence-electron chi connectivity index (χ3n) is 4.06. The summed E-state index contributed by atoms with van der Waals surface area (Å²) in [6.45, 7) is -0.0966. The van der Waals surface area contributed by atoms with Gasteiger partial charge in [-0.05, 0) is 64.0 Å². The fourth-order valence-electron chi connectivity index (χ4n) is 2.68. The monoisotopic (exact) mass is 524 g/mol. The molecule has 3 aromatic rings. The van der Waals surface area contributed by atoms with Crippen LogP contribution in [0.4, 0.5) is 13.2 Å². The highest BCUT2D eigenvalue weighted by atomic mass is 79.9. The van der Waals surface area contributed by atoms with Crippen molar-refractivity contribution in [2.75, 3.05) is 0 Å². The van der Waals surface area contributed by atoms with E-state index in [4.69, 9.17) is 39.5 Å². The lowest BCUT2D eigenvalue weighted by Gasteiger charge is -2.18. The van der Waals surface area contributed by atoms with Gasteiger partial charge in [-0.1, -0.05) is 40.9 Å². The van der Waals surface area contributed by atoms with Gasteiger partial charge in [-0.15, -0.1) is 0 Å². The largest absolute Gasteiger partial charge is 0.506 e. The lowest BCUT2D eigenvalue weighted by atomic mass is 9.97. The lowest BCUT2D eigenvalue weighted by Crippen LogP contribution is -2.06. The van der Waals surface area contributed by atoms with E-state index < -0.39 is 16.8 Å². The van der Waals surface area contributed by atoms with Crippen molar-refractivity contribution in [1.82, 2.24) is 0 Å². The Kier molecular flexibility index (Phi) is 6.58. The maximum atomic E-state index is 13.3. The van der Waals surface area contributed by atoms with Gasteiger partial charge >= 0.3 is 6.18 Å². The Morgan fingerprint density at radius 1 is 0.931 bits per heavy atom. The number of phenols is 1. The second-order valence-corrected chi connectivity index (χ2v) is 8.08. The van der Waals surface area contributed by atoms with E-state index in [0.29, 0.717) is 16.3 Å². The van der Waals surface area contributed by atoms with Crippen LogP contribution in [0.3, 0.4) is 0 Å². The van der Waals surface area contributed by atoms with Crippen molar-refractivity contribution >= 4 is 50.7 Å². The minimum atomic E-state index is -4.65. The number of aromatic hydroxyl groups is 1. The van der Waals surface area contributed by atoms with Crippen LogP contribution >= 0.6 is 50.7 Å². The number of alkyl halides is 3. The highest BCUT2D eigenvalue weighted by Crippen LogP contribution is 2.45. The molecular weight excluding hydrogens is 515 g/mol. The molecule has 29 heavy (non-hydrogen) atoms. The molecule has 0 unspecified atom stereocenters. The zero-order valence-electron chi connectivity index (χ0n) is 14.3. The molecule has 0 heterocycles. The van der Waals surface area contributed by atoms with Gasteiger partial charge in [0, 0.05) is 21.2 Å². The van der Waals surface area contributed by atoms with Crippen LogP contribution in [0.15, 0.2) is 53.0 Å². The quantitative estimate of drug-likeness (QED) is 0.370. The van der Waals surface area contributed by atoms with Crippen molar-refractivity contribution in [3.05, 3.63) is 79.2 Å². The lowest BCUT2D eigenvalue weighted by molar-refractivity contribution is -0.137. The predicted octanol–water partition coefficient (Wildman–Crippen LogP) is 8.38. The highest BCUT2D eigenvalue weighted by molar-refractivity contribution is 9.10. The van der Waals surface area contributed by atoms with Gasteiger partial charge < -0.3 is 9.84 Å². The van der Waals surface area contributed by atoms with Crippen LogP contribution in [0, 0.1) is 0 Å². The summed E-state index contributed by atoms with van der Waals surface area (Å²) < 4.78 is 45.8. The Morgan fingerprint density at radius 2 is 1.59 bits per heavy atom. The van der Waals surface area contributed by atoms with Gasteiger partial charge in [0.2, 0.25) is 0 Å². The second-order valence-electron chi connectivity index (χ2n) is 5.98. The van der Waals surface area contributed by atoms with Crippen molar-refractivity contribution < 1.29 is 23.0 Å². The molecule has 0 atom stereocenters. The molecule has 0 radical (unpaired) electrons. The van der Waals surface area contributed by atoms with Crippen molar-refractivity contribution in [3.8, 4) is 22.6 Å². The molecule has 9 heteroatoms. The van der Waals surface area contributed by atoms with E-state index in [0.717, 1.165) is 12.1 Å². The van der Waals surface area contributed by atoms with E-state index in [1.54, 1.807) is 24.3 Å². The molecule has 0 fully saturated rings. The van der Waals surface area contributed by atoms with Gasteiger partial charge in [0.05, 0.1) is 15.1 Å². The van der Waals surface area contributed by atoms with E-state index in [2.05, 4.69) is 15.9 Å². The smallest absolute Gasteiger partial charge is 0.417 e. The normalized spacial score (nSPS) is 11.6. The second kappa shape index (κ2) is 8.64. The Bertz CT molecular complexity index is 1050. The average molecular weight is 527 g/mol. The summed E-state index contributed by atoms with van der Waals surface area (Å²) in [5.41, 5.74) is -0.493. The first kappa shape index (κ1) is 22.1. The molecule has 3 aromatic carbocycles. The SMILES string of the molecule is Oc1c(Br)cc(Cl)c(COc2ccc(Cl)cc2)c1-c1ccc(Cl)c(C(F)(F)F)c1. The molecule has 0 bridgehead atoms. The molecule has 0 aromatic heterocycles. The van der Waals surface area contributed by atoms with Crippen molar-refractivity contribution in [1.29, 1.82) is 0 Å². The van der Waals surface area contributed by atoms with Gasteiger partial charge in [-0.25, -0.2) is 0 Å². The van der Waals surface area contributed by atoms with Gasteiger partial charge in [0.15, 0.2) is 0 Å². The minimum Gasteiger partial charge on any atom is -0.506 e. The summed E-state index contributed by atoms with van der Waals surface area (Å²) in [6.07, 6.45) is -4.65. The topological polar surface area (TPSA) is 29.5 Å². The fraction of sp³-hybridized carbons (Fsp3) is 0.100. The van der Waals surface area contributed by atoms with Crippen LogP contribution in [-0.2, 0) is 12.8 Å². The van der Waals surface area contributed by atoms with E-state index in [9.17, 15) is 18.3 Å². The maximum absolute atomic E-state index is 13.3. The Morgan fingerprint density at radius 3 is 2.21 bits per heavy atom. The minimum absolute atomic E-state index is 0.0946. The summed E-state index contributed by atoms with van der Waals surface area (Å²) >= 11 is 21.0. The Balaban J connectivity index is 2.10. The van der Waals surface area contributed by atoms with Crippen LogP contribution in [0.1, 0.15) is 11.1 Å². The summed E-state index contributed by atoms with van der Waals surface area (Å²) in [7, 11) is 0. The summed E-state index contributed by atoms with van der Waals surface area (Å²) in [5.74, 6) is 0.213. The van der Waals surface area contributed by atoms with Crippen LogP contribution < -0.4 is 4.74 Å². The average Bonchev–Trinajstić information content (AvgIpc) is 2.64. The highest BCUT2D eigenvalue weighted by Gasteiger charge is 2.34. The molecule has 0 aliphatic rings. The van der Waals surface area contributed by atoms with Crippen LogP contribution in [-0.4, -0.2) is 5.11 Å². The zero-order valence-corrected chi connectivity index (χ0v) is 18.2. The van der Waals surface area contributed by atoms with Crippen molar-refractivity contribution in [3.63, 3.8) is 0 Å². The summed E-state index contributed by atoms with van der Waals surface area (Å²) in [4.78, 5) is 0. The number of rotatable bonds is 4. The van der Waals surface area contributed by atoms with Gasteiger partial charge in [0.25, 0.3) is 0 Å². The number of benzene rings is 3. The van der Waals surface area contributed by atoms with Crippen LogP contribution in [0.5, 0.6) is 11.5 Å². The van der Waals surface area contributed by atoms with Crippen LogP contribution in [0.25, 0.3) is 11.1 Å². The number of hydrogen-bond donors (Lipinski definition) is 1. The van der Waals surface area contributed by atoms with Crippen molar-refractivity contribution in [2.24, 2.45) is 0 Å². The van der Waals surface area contributed by atoms with Crippen molar-refractivity contribution in [2.45, 2.75) is 12.8 Å². The third-order valence-corrected chi connectivity index (χ3v) is 5.59. The molecule has 0 spiro atoms. The number of halogens is 7. The molecule has 0 saturated heterocycles. The van der Waals surface area contributed by atoms with Gasteiger partial charge in [-0.3, -0.25) is 0 Å². The third kappa shape index (κ3) is 4.94. The fourth-order valence-corrected chi connectivity index (χ4v) is 3.85. The van der Waals surface area contributed by atoms with E-state index in [1.165, 1.54) is 12.1 Å². The van der Waals surface area contributed by atoms with Crippen LogP contribution in [0.2, 0.25) is 15.1 Å². The molecule has 0 saturated carbocycles. The number of ether oxygens (including phenoxy) is 1. The molecular formula is C20H11BrCl3F3O2. The number of hydrogen-bond acceptors (Lipinski definition) is 2. The Labute approximate surface area is 187 Å². The van der Waals surface area contributed by atoms with Gasteiger partial charge in [-0.2, -0.15) is 13.2 Å². The molecule has 3 rings (SSSR count). The first-order valence-electron chi connectivity index (χ1n) is 8.03. The molecule has 0 aliphatic carbocycles.